The SMILES string of the molecule is C#CCNc1nc(NO)nc(NCc2ccccc2)n1. The van der Waals surface area contributed by atoms with Gasteiger partial charge in [0.2, 0.25) is 11.9 Å². The van der Waals surface area contributed by atoms with E-state index in [2.05, 4.69) is 31.5 Å². The predicted molar refractivity (Wildman–Crippen MR) is 76.3 cm³/mol. The lowest BCUT2D eigenvalue weighted by Gasteiger charge is -2.08. The van der Waals surface area contributed by atoms with E-state index in [0.29, 0.717) is 12.5 Å². The van der Waals surface area contributed by atoms with Gasteiger partial charge in [-0.2, -0.15) is 15.0 Å². The highest BCUT2D eigenvalue weighted by molar-refractivity contribution is 5.42. The third kappa shape index (κ3) is 3.83. The Hall–Kier alpha value is -2.85. The van der Waals surface area contributed by atoms with Crippen LogP contribution in [0.5, 0.6) is 0 Å². The first-order chi connectivity index (χ1) is 9.81. The van der Waals surface area contributed by atoms with E-state index in [4.69, 9.17) is 11.6 Å². The summed E-state index contributed by atoms with van der Waals surface area (Å²) in [5, 5.41) is 14.8. The van der Waals surface area contributed by atoms with Gasteiger partial charge < -0.3 is 10.6 Å². The fourth-order valence-corrected chi connectivity index (χ4v) is 1.49. The lowest BCUT2D eigenvalue weighted by Crippen LogP contribution is -2.11. The zero-order valence-corrected chi connectivity index (χ0v) is 10.7. The van der Waals surface area contributed by atoms with Crippen molar-refractivity contribution >= 4 is 17.8 Å². The van der Waals surface area contributed by atoms with Crippen LogP contribution in [0.15, 0.2) is 30.3 Å². The molecule has 7 nitrogen and oxygen atoms in total. The van der Waals surface area contributed by atoms with Crippen LogP contribution in [0.4, 0.5) is 17.8 Å². The van der Waals surface area contributed by atoms with Crippen LogP contribution in [-0.4, -0.2) is 26.7 Å². The van der Waals surface area contributed by atoms with Crippen molar-refractivity contribution in [3.8, 4) is 12.3 Å². The molecule has 0 aliphatic carbocycles. The molecule has 0 atom stereocenters. The summed E-state index contributed by atoms with van der Waals surface area (Å²) in [6.45, 7) is 0.845. The monoisotopic (exact) mass is 270 g/mol. The highest BCUT2D eigenvalue weighted by atomic mass is 16.5. The second-order valence-corrected chi connectivity index (χ2v) is 3.81. The Kier molecular flexibility index (Phi) is 4.70. The highest BCUT2D eigenvalue weighted by Crippen LogP contribution is 2.10. The van der Waals surface area contributed by atoms with Crippen molar-refractivity contribution in [1.82, 2.24) is 15.0 Å². The molecular formula is C13H14N6O. The van der Waals surface area contributed by atoms with Gasteiger partial charge in [0.15, 0.2) is 0 Å². The van der Waals surface area contributed by atoms with Gasteiger partial charge in [0.1, 0.15) is 0 Å². The first-order valence-corrected chi connectivity index (χ1v) is 5.93. The molecule has 0 amide bonds. The van der Waals surface area contributed by atoms with E-state index in [1.165, 1.54) is 0 Å². The molecule has 0 fully saturated rings. The standard InChI is InChI=1S/C13H14N6O/c1-2-8-14-11-16-12(18-13(17-11)19-20)15-9-10-6-4-3-5-7-10/h1,3-7,20H,8-9H2,(H3,14,15,16,17,18,19). The molecule has 2 aromatic rings. The van der Waals surface area contributed by atoms with Crippen molar-refractivity contribution in [1.29, 1.82) is 0 Å². The molecule has 102 valence electrons. The molecule has 2 rings (SSSR count). The Bertz CT molecular complexity index is 596. The fraction of sp³-hybridized carbons (Fsp3) is 0.154. The number of nitrogens with zero attached hydrogens (tertiary/aromatic N) is 3. The number of rotatable bonds is 6. The average molecular weight is 270 g/mol. The Labute approximate surface area is 116 Å². The van der Waals surface area contributed by atoms with Crippen LogP contribution < -0.4 is 16.1 Å². The van der Waals surface area contributed by atoms with Crippen LogP contribution in [0.2, 0.25) is 0 Å². The van der Waals surface area contributed by atoms with Crippen LogP contribution >= 0.6 is 0 Å². The van der Waals surface area contributed by atoms with Crippen LogP contribution in [0.1, 0.15) is 5.56 Å². The highest BCUT2D eigenvalue weighted by Gasteiger charge is 2.05. The smallest absolute Gasteiger partial charge is 0.253 e. The van der Waals surface area contributed by atoms with E-state index in [9.17, 15) is 0 Å². The largest absolute Gasteiger partial charge is 0.350 e. The van der Waals surface area contributed by atoms with Crippen molar-refractivity contribution in [3.05, 3.63) is 35.9 Å². The van der Waals surface area contributed by atoms with Crippen molar-refractivity contribution in [2.24, 2.45) is 0 Å². The summed E-state index contributed by atoms with van der Waals surface area (Å²) in [5.74, 6) is 3.07. The van der Waals surface area contributed by atoms with Gasteiger partial charge in [-0.15, -0.1) is 6.42 Å². The second-order valence-electron chi connectivity index (χ2n) is 3.81. The van der Waals surface area contributed by atoms with E-state index in [0.717, 1.165) is 5.56 Å². The Morgan fingerprint density at radius 3 is 2.30 bits per heavy atom. The minimum atomic E-state index is 0.0371. The first-order valence-electron chi connectivity index (χ1n) is 5.93. The maximum absolute atomic E-state index is 8.90. The van der Waals surface area contributed by atoms with E-state index in [1.54, 1.807) is 0 Å². The quantitative estimate of drug-likeness (QED) is 0.464. The van der Waals surface area contributed by atoms with Gasteiger partial charge in [0, 0.05) is 6.54 Å². The van der Waals surface area contributed by atoms with Crippen molar-refractivity contribution in [2.45, 2.75) is 6.54 Å². The topological polar surface area (TPSA) is 95.0 Å². The molecule has 7 heteroatoms. The van der Waals surface area contributed by atoms with Gasteiger partial charge in [-0.25, -0.2) is 5.48 Å². The lowest BCUT2D eigenvalue weighted by molar-refractivity contribution is 0.382. The van der Waals surface area contributed by atoms with Crippen LogP contribution in [0.25, 0.3) is 0 Å². The Morgan fingerprint density at radius 1 is 1.00 bits per heavy atom. The van der Waals surface area contributed by atoms with Gasteiger partial charge in [-0.1, -0.05) is 36.3 Å². The fourth-order valence-electron chi connectivity index (χ4n) is 1.49. The third-order valence-corrected chi connectivity index (χ3v) is 2.38. The molecule has 0 unspecified atom stereocenters. The van der Waals surface area contributed by atoms with Crippen LogP contribution in [-0.2, 0) is 6.54 Å². The number of benzene rings is 1. The Balaban J connectivity index is 2.08. The van der Waals surface area contributed by atoms with Crippen molar-refractivity contribution in [3.63, 3.8) is 0 Å². The van der Waals surface area contributed by atoms with Gasteiger partial charge in [0.05, 0.1) is 6.54 Å². The number of terminal acetylenes is 1. The molecule has 4 N–H and O–H groups in total. The van der Waals surface area contributed by atoms with E-state index in [-0.39, 0.29) is 18.4 Å². The molecule has 0 saturated heterocycles. The maximum atomic E-state index is 8.90. The van der Waals surface area contributed by atoms with Crippen molar-refractivity contribution in [2.75, 3.05) is 22.7 Å². The molecule has 0 spiro atoms. The molecule has 0 aliphatic rings. The molecule has 0 radical (unpaired) electrons. The molecule has 0 aliphatic heterocycles. The number of hydrogen-bond donors (Lipinski definition) is 4. The summed E-state index contributed by atoms with van der Waals surface area (Å²) in [4.78, 5) is 12.0. The summed E-state index contributed by atoms with van der Waals surface area (Å²) >= 11 is 0. The average Bonchev–Trinajstić information content (AvgIpc) is 2.51. The zero-order valence-electron chi connectivity index (χ0n) is 10.7. The summed E-state index contributed by atoms with van der Waals surface area (Å²) in [6.07, 6.45) is 5.16. The van der Waals surface area contributed by atoms with Gasteiger partial charge >= 0.3 is 0 Å². The molecule has 0 bridgehead atoms. The predicted octanol–water partition coefficient (Wildman–Crippen LogP) is 1.33. The van der Waals surface area contributed by atoms with Crippen LogP contribution in [0.3, 0.4) is 0 Å². The lowest BCUT2D eigenvalue weighted by atomic mass is 10.2. The van der Waals surface area contributed by atoms with Crippen molar-refractivity contribution < 1.29 is 5.21 Å². The van der Waals surface area contributed by atoms with Gasteiger partial charge in [0.25, 0.3) is 5.95 Å². The molecule has 20 heavy (non-hydrogen) atoms. The summed E-state index contributed by atoms with van der Waals surface area (Å²) in [6, 6.07) is 9.81. The summed E-state index contributed by atoms with van der Waals surface area (Å²) in [5.41, 5.74) is 2.98. The Morgan fingerprint density at radius 2 is 1.65 bits per heavy atom. The molecule has 1 aromatic heterocycles. The van der Waals surface area contributed by atoms with Crippen LogP contribution in [0, 0.1) is 12.3 Å². The minimum absolute atomic E-state index is 0.0371. The third-order valence-electron chi connectivity index (χ3n) is 2.38. The zero-order chi connectivity index (χ0) is 14.2. The number of anilines is 3. The van der Waals surface area contributed by atoms with E-state index < -0.39 is 0 Å². The summed E-state index contributed by atoms with van der Waals surface area (Å²) < 4.78 is 0. The maximum Gasteiger partial charge on any atom is 0.253 e. The summed E-state index contributed by atoms with van der Waals surface area (Å²) in [7, 11) is 0. The number of nitrogens with one attached hydrogen (secondary N) is 3. The first kappa shape index (κ1) is 13.6. The number of hydrogen-bond acceptors (Lipinski definition) is 7. The minimum Gasteiger partial charge on any atom is -0.350 e. The second kappa shape index (κ2) is 6.92. The van der Waals surface area contributed by atoms with E-state index in [1.807, 2.05) is 35.8 Å². The number of aromatic nitrogens is 3. The van der Waals surface area contributed by atoms with Gasteiger partial charge in [-0.3, -0.25) is 5.21 Å². The molecular weight excluding hydrogens is 256 g/mol. The molecule has 1 heterocycles. The van der Waals surface area contributed by atoms with Gasteiger partial charge in [-0.05, 0) is 5.56 Å². The molecule has 0 saturated carbocycles. The normalized spacial score (nSPS) is 9.60. The molecule has 1 aromatic carbocycles. The van der Waals surface area contributed by atoms with E-state index >= 15 is 0 Å².